The normalized spacial score (nSPS) is 22.4. The van der Waals surface area contributed by atoms with Crippen LogP contribution in [0.5, 0.6) is 0 Å². The van der Waals surface area contributed by atoms with E-state index in [2.05, 4.69) is 0 Å². The number of rotatable bonds is 6. The van der Waals surface area contributed by atoms with Crippen LogP contribution in [-0.4, -0.2) is 59.8 Å². The van der Waals surface area contributed by atoms with Crippen LogP contribution in [0.3, 0.4) is 0 Å². The Kier molecular flexibility index (Phi) is 5.84. The summed E-state index contributed by atoms with van der Waals surface area (Å²) in [5, 5.41) is 20.0. The van der Waals surface area contributed by atoms with Crippen molar-refractivity contribution < 1.29 is 29.1 Å². The fourth-order valence-corrected chi connectivity index (χ4v) is 4.21. The average Bonchev–Trinajstić information content (AvgIpc) is 3.20. The topological polar surface area (TPSA) is 96.3 Å². The highest BCUT2D eigenvalue weighted by atomic mass is 16.5. The summed E-state index contributed by atoms with van der Waals surface area (Å²) >= 11 is 0. The molecule has 2 aliphatic heterocycles. The number of carboxylic acid groups (broad SMARTS) is 1. The molecule has 8 heteroatoms. The molecular weight excluding hydrogens is 361 g/mol. The Balaban J connectivity index is 2.01. The SMILES string of the molecule is Cc1c(C(=O)N(CC2(C)CCOC2)[C@H](C(=O)O)C(C)C)ccc2c1B(O)OC2. The first kappa shape index (κ1) is 20.8. The maximum absolute atomic E-state index is 13.6. The molecule has 0 aromatic heterocycles. The second-order valence-corrected chi connectivity index (χ2v) is 8.55. The van der Waals surface area contributed by atoms with Crippen molar-refractivity contribution in [3.8, 4) is 0 Å². The van der Waals surface area contributed by atoms with Crippen LogP contribution in [0.4, 0.5) is 0 Å². The Labute approximate surface area is 165 Å². The summed E-state index contributed by atoms with van der Waals surface area (Å²) in [6, 6.07) is 2.53. The van der Waals surface area contributed by atoms with Gasteiger partial charge in [0.25, 0.3) is 5.91 Å². The second-order valence-electron chi connectivity index (χ2n) is 8.55. The van der Waals surface area contributed by atoms with E-state index in [4.69, 9.17) is 9.39 Å². The standard InChI is InChI=1S/C20H28BNO6/c1-12(2)17(19(24)25)22(10-20(4)7-8-27-11-20)18(23)15-6-5-14-9-28-21(26)16(14)13(15)3/h5-6,12,17,26H,7-11H2,1-4H3,(H,24,25)/t17-,20?/m0/s1. The number of fused-ring (bicyclic) bond motifs is 1. The van der Waals surface area contributed by atoms with Gasteiger partial charge in [0.05, 0.1) is 13.2 Å². The molecule has 0 bridgehead atoms. The molecule has 0 saturated carbocycles. The van der Waals surface area contributed by atoms with E-state index >= 15 is 0 Å². The number of carbonyl (C=O) groups is 2. The van der Waals surface area contributed by atoms with Crippen molar-refractivity contribution in [2.24, 2.45) is 11.3 Å². The molecule has 0 radical (unpaired) electrons. The van der Waals surface area contributed by atoms with Gasteiger partial charge in [0, 0.05) is 24.1 Å². The van der Waals surface area contributed by atoms with Crippen molar-refractivity contribution in [2.45, 2.75) is 46.8 Å². The highest BCUT2D eigenvalue weighted by Crippen LogP contribution is 2.32. The fourth-order valence-electron chi connectivity index (χ4n) is 4.21. The summed E-state index contributed by atoms with van der Waals surface area (Å²) in [6.45, 7) is 9.11. The Morgan fingerprint density at radius 1 is 1.36 bits per heavy atom. The molecule has 1 aromatic rings. The lowest BCUT2D eigenvalue weighted by Crippen LogP contribution is -2.52. The van der Waals surface area contributed by atoms with E-state index in [1.807, 2.05) is 6.92 Å². The maximum atomic E-state index is 13.6. The number of carbonyl (C=O) groups excluding carboxylic acids is 1. The molecule has 2 heterocycles. The molecular formula is C20H28BNO6. The predicted octanol–water partition coefficient (Wildman–Crippen LogP) is 1.19. The summed E-state index contributed by atoms with van der Waals surface area (Å²) < 4.78 is 10.8. The van der Waals surface area contributed by atoms with Crippen LogP contribution >= 0.6 is 0 Å². The van der Waals surface area contributed by atoms with Gasteiger partial charge in [0.1, 0.15) is 6.04 Å². The van der Waals surface area contributed by atoms with Gasteiger partial charge in [0.15, 0.2) is 0 Å². The summed E-state index contributed by atoms with van der Waals surface area (Å²) in [5.41, 5.74) is 2.21. The third-order valence-corrected chi connectivity index (χ3v) is 5.81. The third-order valence-electron chi connectivity index (χ3n) is 5.81. The lowest BCUT2D eigenvalue weighted by Gasteiger charge is -2.37. The Hall–Kier alpha value is -1.90. The van der Waals surface area contributed by atoms with Crippen molar-refractivity contribution in [3.05, 3.63) is 28.8 Å². The maximum Gasteiger partial charge on any atom is 0.492 e. The van der Waals surface area contributed by atoms with E-state index < -0.39 is 19.1 Å². The number of amides is 1. The number of nitrogens with zero attached hydrogens (tertiary/aromatic N) is 1. The van der Waals surface area contributed by atoms with E-state index in [9.17, 15) is 19.7 Å². The zero-order valence-corrected chi connectivity index (χ0v) is 16.9. The minimum Gasteiger partial charge on any atom is -0.480 e. The van der Waals surface area contributed by atoms with Crippen LogP contribution in [0.2, 0.25) is 0 Å². The first-order chi connectivity index (χ1) is 13.1. The van der Waals surface area contributed by atoms with Gasteiger partial charge in [-0.15, -0.1) is 0 Å². The van der Waals surface area contributed by atoms with E-state index in [1.54, 1.807) is 32.9 Å². The van der Waals surface area contributed by atoms with Crippen LogP contribution in [0.25, 0.3) is 0 Å². The van der Waals surface area contributed by atoms with Gasteiger partial charge >= 0.3 is 13.1 Å². The van der Waals surface area contributed by atoms with Crippen LogP contribution in [0, 0.1) is 18.3 Å². The number of aliphatic carboxylic acids is 1. The Bertz CT molecular complexity index is 774. The van der Waals surface area contributed by atoms with Crippen molar-refractivity contribution in [1.82, 2.24) is 4.90 Å². The molecule has 1 unspecified atom stereocenters. The number of benzene rings is 1. The van der Waals surface area contributed by atoms with E-state index in [1.165, 1.54) is 4.90 Å². The van der Waals surface area contributed by atoms with E-state index in [-0.39, 0.29) is 17.2 Å². The lowest BCUT2D eigenvalue weighted by atomic mass is 9.75. The minimum atomic E-state index is -1.06. The molecule has 3 rings (SSSR count). The lowest BCUT2D eigenvalue weighted by molar-refractivity contribution is -0.144. The summed E-state index contributed by atoms with van der Waals surface area (Å²) in [7, 11) is -1.06. The monoisotopic (exact) mass is 389 g/mol. The largest absolute Gasteiger partial charge is 0.492 e. The quantitative estimate of drug-likeness (QED) is 0.710. The van der Waals surface area contributed by atoms with Crippen LogP contribution in [0.1, 0.15) is 48.7 Å². The van der Waals surface area contributed by atoms with Gasteiger partial charge in [0.2, 0.25) is 0 Å². The van der Waals surface area contributed by atoms with Gasteiger partial charge in [-0.2, -0.15) is 0 Å². The molecule has 2 atom stereocenters. The molecule has 1 fully saturated rings. The summed E-state index contributed by atoms with van der Waals surface area (Å²) in [6.07, 6.45) is 0.775. The molecule has 7 nitrogen and oxygen atoms in total. The van der Waals surface area contributed by atoms with Crippen LogP contribution in [-0.2, 0) is 20.8 Å². The van der Waals surface area contributed by atoms with Crippen molar-refractivity contribution >= 4 is 24.5 Å². The zero-order valence-electron chi connectivity index (χ0n) is 16.9. The smallest absolute Gasteiger partial charge is 0.480 e. The number of carboxylic acids is 1. The summed E-state index contributed by atoms with van der Waals surface area (Å²) in [5.74, 6) is -1.61. The van der Waals surface area contributed by atoms with Gasteiger partial charge in [-0.05, 0) is 41.9 Å². The van der Waals surface area contributed by atoms with Gasteiger partial charge in [-0.3, -0.25) is 4.79 Å². The van der Waals surface area contributed by atoms with E-state index in [0.717, 1.165) is 12.0 Å². The Morgan fingerprint density at radius 3 is 2.64 bits per heavy atom. The average molecular weight is 389 g/mol. The van der Waals surface area contributed by atoms with E-state index in [0.29, 0.717) is 43.0 Å². The first-order valence-electron chi connectivity index (χ1n) is 9.68. The molecule has 1 amide bonds. The minimum absolute atomic E-state index is 0.254. The molecule has 152 valence electrons. The predicted molar refractivity (Wildman–Crippen MR) is 104 cm³/mol. The highest BCUT2D eigenvalue weighted by Gasteiger charge is 2.41. The Morgan fingerprint density at radius 2 is 2.07 bits per heavy atom. The van der Waals surface area contributed by atoms with Crippen LogP contribution in [0.15, 0.2) is 12.1 Å². The van der Waals surface area contributed by atoms with Gasteiger partial charge in [-0.25, -0.2) is 4.79 Å². The number of ether oxygens (including phenoxy) is 1. The number of hydrogen-bond acceptors (Lipinski definition) is 5. The summed E-state index contributed by atoms with van der Waals surface area (Å²) in [4.78, 5) is 27.1. The zero-order chi connectivity index (χ0) is 20.6. The van der Waals surface area contributed by atoms with Crippen molar-refractivity contribution in [1.29, 1.82) is 0 Å². The molecule has 1 saturated heterocycles. The van der Waals surface area contributed by atoms with Crippen LogP contribution < -0.4 is 5.46 Å². The number of hydrogen-bond donors (Lipinski definition) is 2. The molecule has 2 aliphatic rings. The third kappa shape index (κ3) is 3.81. The van der Waals surface area contributed by atoms with Crippen molar-refractivity contribution in [3.63, 3.8) is 0 Å². The first-order valence-corrected chi connectivity index (χ1v) is 9.68. The highest BCUT2D eigenvalue weighted by molar-refractivity contribution is 6.62. The van der Waals surface area contributed by atoms with Gasteiger partial charge < -0.3 is 24.4 Å². The molecule has 0 spiro atoms. The second kappa shape index (κ2) is 7.85. The molecule has 1 aromatic carbocycles. The fraction of sp³-hybridized carbons (Fsp3) is 0.600. The molecule has 0 aliphatic carbocycles. The molecule has 28 heavy (non-hydrogen) atoms. The molecule has 2 N–H and O–H groups in total. The van der Waals surface area contributed by atoms with Crippen molar-refractivity contribution in [2.75, 3.05) is 19.8 Å². The van der Waals surface area contributed by atoms with Gasteiger partial charge in [-0.1, -0.05) is 26.8 Å².